The first-order chi connectivity index (χ1) is 6.74. The van der Waals surface area contributed by atoms with Crippen molar-refractivity contribution in [1.29, 1.82) is 0 Å². The van der Waals surface area contributed by atoms with E-state index in [2.05, 4.69) is 0 Å². The standard InChI is InChI=1S/C10H11NO3/c1-11(7-8-12)10(13)14-9-5-3-2-4-6-9/h2-6,8H,7H2,1H3. The van der Waals surface area contributed by atoms with Crippen LogP contribution in [-0.4, -0.2) is 30.9 Å². The average molecular weight is 193 g/mol. The number of amides is 1. The molecule has 74 valence electrons. The van der Waals surface area contributed by atoms with Crippen LogP contribution in [0.3, 0.4) is 0 Å². The third-order valence-corrected chi connectivity index (χ3v) is 1.61. The number of likely N-dealkylation sites (N-methyl/N-ethyl adjacent to an activating group) is 1. The summed E-state index contributed by atoms with van der Waals surface area (Å²) in [5.74, 6) is 0.468. The predicted molar refractivity (Wildman–Crippen MR) is 51.2 cm³/mol. The van der Waals surface area contributed by atoms with Crippen molar-refractivity contribution < 1.29 is 14.3 Å². The van der Waals surface area contributed by atoms with Gasteiger partial charge in [-0.15, -0.1) is 0 Å². The van der Waals surface area contributed by atoms with Crippen LogP contribution >= 0.6 is 0 Å². The molecule has 1 aromatic rings. The van der Waals surface area contributed by atoms with Crippen molar-refractivity contribution in [3.63, 3.8) is 0 Å². The summed E-state index contributed by atoms with van der Waals surface area (Å²) in [7, 11) is 1.50. The van der Waals surface area contributed by atoms with Crippen LogP contribution < -0.4 is 4.74 Å². The first kappa shape index (κ1) is 10.2. The first-order valence-electron chi connectivity index (χ1n) is 4.15. The highest BCUT2D eigenvalue weighted by atomic mass is 16.6. The molecule has 4 nitrogen and oxygen atoms in total. The number of aldehydes is 1. The molecule has 14 heavy (non-hydrogen) atoms. The van der Waals surface area contributed by atoms with E-state index >= 15 is 0 Å². The average Bonchev–Trinajstić information content (AvgIpc) is 2.19. The van der Waals surface area contributed by atoms with Gasteiger partial charge in [0.25, 0.3) is 0 Å². The van der Waals surface area contributed by atoms with Gasteiger partial charge in [0.1, 0.15) is 12.0 Å². The Balaban J connectivity index is 2.53. The number of hydrogen-bond donors (Lipinski definition) is 0. The van der Waals surface area contributed by atoms with Crippen molar-refractivity contribution >= 4 is 12.4 Å². The molecule has 0 aliphatic rings. The van der Waals surface area contributed by atoms with E-state index in [-0.39, 0.29) is 6.54 Å². The van der Waals surface area contributed by atoms with E-state index in [1.807, 2.05) is 6.07 Å². The highest BCUT2D eigenvalue weighted by molar-refractivity contribution is 5.73. The molecule has 0 aromatic heterocycles. The Bertz CT molecular complexity index is 310. The van der Waals surface area contributed by atoms with Gasteiger partial charge in [-0.05, 0) is 12.1 Å². The topological polar surface area (TPSA) is 46.6 Å². The maximum atomic E-state index is 11.2. The SMILES string of the molecule is CN(CC=O)C(=O)Oc1ccccc1. The van der Waals surface area contributed by atoms with Gasteiger partial charge >= 0.3 is 6.09 Å². The Kier molecular flexibility index (Phi) is 3.67. The molecule has 0 aliphatic carbocycles. The van der Waals surface area contributed by atoms with E-state index in [0.29, 0.717) is 12.0 Å². The van der Waals surface area contributed by atoms with Crippen LogP contribution in [-0.2, 0) is 4.79 Å². The molecule has 0 N–H and O–H groups in total. The van der Waals surface area contributed by atoms with Gasteiger partial charge in [-0.1, -0.05) is 18.2 Å². The second kappa shape index (κ2) is 5.01. The van der Waals surface area contributed by atoms with Crippen LogP contribution in [0.15, 0.2) is 30.3 Å². The van der Waals surface area contributed by atoms with Gasteiger partial charge < -0.3 is 14.4 Å². The van der Waals surface area contributed by atoms with Gasteiger partial charge in [-0.3, -0.25) is 0 Å². The third-order valence-electron chi connectivity index (χ3n) is 1.61. The van der Waals surface area contributed by atoms with E-state index in [1.54, 1.807) is 24.3 Å². The largest absolute Gasteiger partial charge is 0.415 e. The van der Waals surface area contributed by atoms with E-state index in [4.69, 9.17) is 4.74 Å². The second-order valence-electron chi connectivity index (χ2n) is 2.73. The van der Waals surface area contributed by atoms with Crippen molar-refractivity contribution in [2.45, 2.75) is 0 Å². The maximum absolute atomic E-state index is 11.2. The summed E-state index contributed by atoms with van der Waals surface area (Å²) >= 11 is 0. The fraction of sp³-hybridized carbons (Fsp3) is 0.200. The number of ether oxygens (including phenoxy) is 1. The van der Waals surface area contributed by atoms with Crippen LogP contribution in [0, 0.1) is 0 Å². The Morgan fingerprint density at radius 3 is 2.64 bits per heavy atom. The summed E-state index contributed by atoms with van der Waals surface area (Å²) in [6.45, 7) is 0.0334. The predicted octanol–water partition coefficient (Wildman–Crippen LogP) is 1.32. The summed E-state index contributed by atoms with van der Waals surface area (Å²) in [6, 6.07) is 8.70. The smallest absolute Gasteiger partial charge is 0.410 e. The van der Waals surface area contributed by atoms with Crippen LogP contribution in [0.1, 0.15) is 0 Å². The summed E-state index contributed by atoms with van der Waals surface area (Å²) in [6.07, 6.45) is 0.106. The quantitative estimate of drug-likeness (QED) is 0.680. The molecule has 0 radical (unpaired) electrons. The van der Waals surface area contributed by atoms with Crippen molar-refractivity contribution in [3.8, 4) is 5.75 Å². The van der Waals surface area contributed by atoms with Crippen molar-refractivity contribution in [2.75, 3.05) is 13.6 Å². The molecule has 4 heteroatoms. The van der Waals surface area contributed by atoms with Crippen molar-refractivity contribution in [1.82, 2.24) is 4.90 Å². The lowest BCUT2D eigenvalue weighted by Crippen LogP contribution is -2.31. The van der Waals surface area contributed by atoms with Gasteiger partial charge in [0.2, 0.25) is 0 Å². The van der Waals surface area contributed by atoms with Gasteiger partial charge in [0.15, 0.2) is 0 Å². The van der Waals surface area contributed by atoms with Gasteiger partial charge in [0.05, 0.1) is 6.54 Å². The van der Waals surface area contributed by atoms with Crippen LogP contribution in [0.5, 0.6) is 5.75 Å². The molecule has 0 spiro atoms. The number of nitrogens with zero attached hydrogens (tertiary/aromatic N) is 1. The fourth-order valence-corrected chi connectivity index (χ4v) is 0.854. The molecule has 0 bridgehead atoms. The molecule has 1 amide bonds. The minimum Gasteiger partial charge on any atom is -0.410 e. The number of carbonyl (C=O) groups is 2. The molecule has 0 atom stereocenters. The minimum atomic E-state index is -0.539. The first-order valence-corrected chi connectivity index (χ1v) is 4.15. The molecule has 0 heterocycles. The van der Waals surface area contributed by atoms with Crippen molar-refractivity contribution in [2.24, 2.45) is 0 Å². The van der Waals surface area contributed by atoms with Gasteiger partial charge in [0, 0.05) is 7.05 Å². The molecular formula is C10H11NO3. The zero-order chi connectivity index (χ0) is 10.4. The van der Waals surface area contributed by atoms with Crippen molar-refractivity contribution in [3.05, 3.63) is 30.3 Å². The molecular weight excluding hydrogens is 182 g/mol. The maximum Gasteiger partial charge on any atom is 0.415 e. The zero-order valence-corrected chi connectivity index (χ0v) is 7.84. The van der Waals surface area contributed by atoms with E-state index < -0.39 is 6.09 Å². The summed E-state index contributed by atoms with van der Waals surface area (Å²) in [5.41, 5.74) is 0. The van der Waals surface area contributed by atoms with E-state index in [9.17, 15) is 9.59 Å². The minimum absolute atomic E-state index is 0.0334. The molecule has 0 aliphatic heterocycles. The normalized spacial score (nSPS) is 9.21. The Morgan fingerprint density at radius 2 is 2.07 bits per heavy atom. The second-order valence-corrected chi connectivity index (χ2v) is 2.73. The Hall–Kier alpha value is -1.84. The summed E-state index contributed by atoms with van der Waals surface area (Å²) in [5, 5.41) is 0. The monoisotopic (exact) mass is 193 g/mol. The number of benzene rings is 1. The molecule has 1 rings (SSSR count). The van der Waals surface area contributed by atoms with Gasteiger partial charge in [-0.25, -0.2) is 4.79 Å². The number of hydrogen-bond acceptors (Lipinski definition) is 3. The number of para-hydroxylation sites is 1. The van der Waals surface area contributed by atoms with E-state index in [0.717, 1.165) is 0 Å². The molecule has 0 unspecified atom stereocenters. The van der Waals surface area contributed by atoms with Crippen LogP contribution in [0.25, 0.3) is 0 Å². The third kappa shape index (κ3) is 2.90. The summed E-state index contributed by atoms with van der Waals surface area (Å²) < 4.78 is 4.96. The lowest BCUT2D eigenvalue weighted by Gasteiger charge is -2.13. The van der Waals surface area contributed by atoms with Gasteiger partial charge in [-0.2, -0.15) is 0 Å². The number of rotatable bonds is 3. The fourth-order valence-electron chi connectivity index (χ4n) is 0.854. The van der Waals surface area contributed by atoms with E-state index in [1.165, 1.54) is 11.9 Å². The molecule has 0 fully saturated rings. The van der Waals surface area contributed by atoms with Crippen LogP contribution in [0.2, 0.25) is 0 Å². The zero-order valence-electron chi connectivity index (χ0n) is 7.84. The van der Waals surface area contributed by atoms with Crippen LogP contribution in [0.4, 0.5) is 4.79 Å². The molecule has 0 saturated heterocycles. The Morgan fingerprint density at radius 1 is 1.43 bits per heavy atom. The summed E-state index contributed by atoms with van der Waals surface area (Å²) in [4.78, 5) is 22.6. The highest BCUT2D eigenvalue weighted by Crippen LogP contribution is 2.09. The molecule has 0 saturated carbocycles. The Labute approximate surface area is 82.1 Å². The highest BCUT2D eigenvalue weighted by Gasteiger charge is 2.09. The molecule has 1 aromatic carbocycles. The lowest BCUT2D eigenvalue weighted by molar-refractivity contribution is -0.108. The lowest BCUT2D eigenvalue weighted by atomic mass is 10.3. The number of carbonyl (C=O) groups excluding carboxylic acids is 2.